The number of hydrogen-bond donors (Lipinski definition) is 0. The Morgan fingerprint density at radius 2 is 2.06 bits per heavy atom. The van der Waals surface area contributed by atoms with E-state index in [9.17, 15) is 4.39 Å². The van der Waals surface area contributed by atoms with Crippen molar-refractivity contribution in [1.29, 1.82) is 0 Å². The molecule has 0 amide bonds. The molecule has 1 rings (SSSR count). The second-order valence-corrected chi connectivity index (χ2v) is 4.86. The average molecular weight is 225 g/mol. The molecule has 1 unspecified atom stereocenters. The van der Waals surface area contributed by atoms with Gasteiger partial charge in [-0.05, 0) is 63.4 Å². The molecule has 0 N–H and O–H groups in total. The van der Waals surface area contributed by atoms with Crippen LogP contribution >= 0.6 is 0 Å². The number of allylic oxidation sites excluding steroid dienone is 4. The average Bonchev–Trinajstić information content (AvgIpc) is 2.27. The summed E-state index contributed by atoms with van der Waals surface area (Å²) in [5, 5.41) is 0. The molecular formula is C14H24FN. The Bertz CT molecular complexity index is 249. The zero-order chi connectivity index (χ0) is 12.0. The van der Waals surface area contributed by atoms with Crippen molar-refractivity contribution in [3.63, 3.8) is 0 Å². The van der Waals surface area contributed by atoms with Crippen LogP contribution in [0.5, 0.6) is 0 Å². The highest BCUT2D eigenvalue weighted by molar-refractivity contribution is 5.11. The Labute approximate surface area is 99.0 Å². The zero-order valence-electron chi connectivity index (χ0n) is 10.7. The predicted molar refractivity (Wildman–Crippen MR) is 68.0 cm³/mol. The van der Waals surface area contributed by atoms with Crippen LogP contribution in [0.2, 0.25) is 0 Å². The first-order valence-corrected chi connectivity index (χ1v) is 6.36. The van der Waals surface area contributed by atoms with E-state index in [4.69, 9.17) is 0 Å². The van der Waals surface area contributed by atoms with Crippen LogP contribution in [0.15, 0.2) is 24.1 Å². The molecule has 1 saturated heterocycles. The Balaban J connectivity index is 2.40. The lowest BCUT2D eigenvalue weighted by Crippen LogP contribution is -2.32. The van der Waals surface area contributed by atoms with Crippen LogP contribution in [0.3, 0.4) is 0 Å². The van der Waals surface area contributed by atoms with Crippen LogP contribution < -0.4 is 0 Å². The largest absolute Gasteiger partial charge is 0.306 e. The summed E-state index contributed by atoms with van der Waals surface area (Å²) in [4.78, 5) is 2.37. The van der Waals surface area contributed by atoms with Gasteiger partial charge in [-0.15, -0.1) is 0 Å². The zero-order valence-corrected chi connectivity index (χ0v) is 10.7. The number of nitrogens with zero attached hydrogens (tertiary/aromatic N) is 1. The van der Waals surface area contributed by atoms with Gasteiger partial charge in [0.15, 0.2) is 0 Å². The normalized spacial score (nSPS) is 22.9. The van der Waals surface area contributed by atoms with Gasteiger partial charge in [-0.25, -0.2) is 4.39 Å². The molecule has 1 aliphatic heterocycles. The maximum absolute atomic E-state index is 13.2. The fourth-order valence-corrected chi connectivity index (χ4v) is 2.22. The fraction of sp³-hybridized carbons (Fsp3) is 0.714. The molecule has 0 aromatic carbocycles. The second-order valence-electron chi connectivity index (χ2n) is 4.86. The van der Waals surface area contributed by atoms with E-state index in [1.54, 1.807) is 12.2 Å². The van der Waals surface area contributed by atoms with E-state index in [1.807, 2.05) is 13.0 Å². The van der Waals surface area contributed by atoms with Crippen LogP contribution in [-0.4, -0.2) is 25.0 Å². The highest BCUT2D eigenvalue weighted by atomic mass is 19.1. The Morgan fingerprint density at radius 1 is 1.44 bits per heavy atom. The van der Waals surface area contributed by atoms with E-state index in [-0.39, 0.29) is 5.83 Å². The minimum absolute atomic E-state index is 0.0951. The molecule has 16 heavy (non-hydrogen) atoms. The SMILES string of the molecule is CC/C=C(F)\C=C/C(C)C1CCN(C)CC1. The Kier molecular flexibility index (Phi) is 5.75. The number of hydrogen-bond acceptors (Lipinski definition) is 1. The van der Waals surface area contributed by atoms with E-state index in [0.29, 0.717) is 5.92 Å². The van der Waals surface area contributed by atoms with E-state index in [2.05, 4.69) is 18.9 Å². The highest BCUT2D eigenvalue weighted by Crippen LogP contribution is 2.25. The van der Waals surface area contributed by atoms with Crippen molar-refractivity contribution in [1.82, 2.24) is 4.90 Å². The standard InChI is InChI=1S/C14H24FN/c1-4-5-14(15)7-6-12(2)13-8-10-16(3)11-9-13/h5-7,12-13H,4,8-11H2,1-3H3/b7-6-,14-5+. The lowest BCUT2D eigenvalue weighted by molar-refractivity contribution is 0.194. The van der Waals surface area contributed by atoms with Crippen molar-refractivity contribution in [3.05, 3.63) is 24.1 Å². The molecule has 0 spiro atoms. The summed E-state index contributed by atoms with van der Waals surface area (Å²) in [7, 11) is 2.17. The van der Waals surface area contributed by atoms with Gasteiger partial charge in [0.25, 0.3) is 0 Å². The van der Waals surface area contributed by atoms with Gasteiger partial charge in [-0.3, -0.25) is 0 Å². The molecule has 1 nitrogen and oxygen atoms in total. The third kappa shape index (κ3) is 4.48. The predicted octanol–water partition coefficient (Wildman–Crippen LogP) is 3.78. The van der Waals surface area contributed by atoms with Crippen molar-refractivity contribution in [2.75, 3.05) is 20.1 Å². The van der Waals surface area contributed by atoms with Crippen LogP contribution in [-0.2, 0) is 0 Å². The molecule has 1 fully saturated rings. The van der Waals surface area contributed by atoms with Crippen LogP contribution in [0, 0.1) is 11.8 Å². The van der Waals surface area contributed by atoms with E-state index >= 15 is 0 Å². The summed E-state index contributed by atoms with van der Waals surface area (Å²) in [5.74, 6) is 1.12. The van der Waals surface area contributed by atoms with Gasteiger partial charge in [-0.1, -0.05) is 19.9 Å². The molecule has 0 radical (unpaired) electrons. The summed E-state index contributed by atoms with van der Waals surface area (Å²) >= 11 is 0. The van der Waals surface area contributed by atoms with Crippen molar-refractivity contribution >= 4 is 0 Å². The van der Waals surface area contributed by atoms with E-state index in [0.717, 1.165) is 12.3 Å². The van der Waals surface area contributed by atoms with Crippen LogP contribution in [0.1, 0.15) is 33.1 Å². The Morgan fingerprint density at radius 3 is 2.62 bits per heavy atom. The molecule has 1 atom stereocenters. The second kappa shape index (κ2) is 6.85. The number of halogens is 1. The monoisotopic (exact) mass is 225 g/mol. The molecule has 1 aliphatic rings. The first-order valence-electron chi connectivity index (χ1n) is 6.36. The number of likely N-dealkylation sites (tertiary alicyclic amines) is 1. The highest BCUT2D eigenvalue weighted by Gasteiger charge is 2.20. The van der Waals surface area contributed by atoms with Gasteiger partial charge >= 0.3 is 0 Å². The molecule has 1 heterocycles. The summed E-state index contributed by atoms with van der Waals surface area (Å²) in [6, 6.07) is 0. The molecule has 0 aromatic heterocycles. The molecule has 2 heteroatoms. The van der Waals surface area contributed by atoms with Crippen molar-refractivity contribution < 1.29 is 4.39 Å². The summed E-state index contributed by atoms with van der Waals surface area (Å²) < 4.78 is 13.2. The van der Waals surface area contributed by atoms with Gasteiger partial charge < -0.3 is 4.90 Å². The maximum atomic E-state index is 13.2. The molecule has 0 saturated carbocycles. The number of rotatable bonds is 4. The van der Waals surface area contributed by atoms with Gasteiger partial charge in [0.2, 0.25) is 0 Å². The topological polar surface area (TPSA) is 3.24 Å². The number of piperidine rings is 1. The molecular weight excluding hydrogens is 201 g/mol. The summed E-state index contributed by atoms with van der Waals surface area (Å²) in [6.07, 6.45) is 8.52. The first kappa shape index (κ1) is 13.4. The maximum Gasteiger partial charge on any atom is 0.118 e. The molecule has 0 aliphatic carbocycles. The van der Waals surface area contributed by atoms with Crippen molar-refractivity contribution in [2.24, 2.45) is 11.8 Å². The minimum Gasteiger partial charge on any atom is -0.306 e. The molecule has 0 aromatic rings. The van der Waals surface area contributed by atoms with Gasteiger partial charge in [-0.2, -0.15) is 0 Å². The third-order valence-corrected chi connectivity index (χ3v) is 3.46. The quantitative estimate of drug-likeness (QED) is 0.658. The van der Waals surface area contributed by atoms with Gasteiger partial charge in [0, 0.05) is 0 Å². The van der Waals surface area contributed by atoms with Crippen molar-refractivity contribution in [3.8, 4) is 0 Å². The molecule has 92 valence electrons. The Hall–Kier alpha value is -0.630. The minimum atomic E-state index is -0.0951. The van der Waals surface area contributed by atoms with Gasteiger partial charge in [0.05, 0.1) is 0 Å². The third-order valence-electron chi connectivity index (χ3n) is 3.46. The van der Waals surface area contributed by atoms with Gasteiger partial charge in [0.1, 0.15) is 5.83 Å². The molecule has 0 bridgehead atoms. The fourth-order valence-electron chi connectivity index (χ4n) is 2.22. The van der Waals surface area contributed by atoms with Crippen molar-refractivity contribution in [2.45, 2.75) is 33.1 Å². The van der Waals surface area contributed by atoms with E-state index in [1.165, 1.54) is 25.9 Å². The van der Waals surface area contributed by atoms with Crippen LogP contribution in [0.25, 0.3) is 0 Å². The lowest BCUT2D eigenvalue weighted by atomic mass is 9.85. The lowest BCUT2D eigenvalue weighted by Gasteiger charge is -2.31. The first-order chi connectivity index (χ1) is 7.63. The van der Waals surface area contributed by atoms with E-state index < -0.39 is 0 Å². The van der Waals surface area contributed by atoms with Crippen LogP contribution in [0.4, 0.5) is 4.39 Å². The smallest absolute Gasteiger partial charge is 0.118 e. The summed E-state index contributed by atoms with van der Waals surface area (Å²) in [6.45, 7) is 6.51. The summed E-state index contributed by atoms with van der Waals surface area (Å²) in [5.41, 5.74) is 0.